The van der Waals surface area contributed by atoms with Gasteiger partial charge in [-0.2, -0.15) is 0 Å². The van der Waals surface area contributed by atoms with Crippen LogP contribution in [0.15, 0.2) is 36.4 Å². The van der Waals surface area contributed by atoms with Crippen LogP contribution < -0.4 is 5.73 Å². The Bertz CT molecular complexity index is 481. The molecule has 0 aromatic heterocycles. The van der Waals surface area contributed by atoms with Crippen LogP contribution in [-0.2, 0) is 4.79 Å². The van der Waals surface area contributed by atoms with Crippen molar-refractivity contribution in [3.05, 3.63) is 42.0 Å². The first-order chi connectivity index (χ1) is 8.74. The number of rotatable bonds is 3. The fourth-order valence-corrected chi connectivity index (χ4v) is 3.21. The van der Waals surface area contributed by atoms with Gasteiger partial charge in [0.1, 0.15) is 0 Å². The molecule has 1 fully saturated rings. The summed E-state index contributed by atoms with van der Waals surface area (Å²) < 4.78 is 0. The average Bonchev–Trinajstić information content (AvgIpc) is 2.62. The lowest BCUT2D eigenvalue weighted by atomic mass is 9.95. The SMILES string of the molecule is NC(=O)CN1[C@@H]2CC[C@@H]1C=C(c1ccccc1)C2. The van der Waals surface area contributed by atoms with E-state index in [0.717, 1.165) is 12.8 Å². The van der Waals surface area contributed by atoms with Gasteiger partial charge in [-0.1, -0.05) is 36.4 Å². The minimum Gasteiger partial charge on any atom is -0.369 e. The molecular formula is C15H18N2O. The van der Waals surface area contributed by atoms with Crippen molar-refractivity contribution in [2.45, 2.75) is 31.3 Å². The number of benzene rings is 1. The second kappa shape index (κ2) is 4.58. The van der Waals surface area contributed by atoms with Crippen molar-refractivity contribution in [2.24, 2.45) is 5.73 Å². The summed E-state index contributed by atoms with van der Waals surface area (Å²) in [6, 6.07) is 11.4. The molecule has 2 atom stereocenters. The molecule has 0 spiro atoms. The molecule has 2 N–H and O–H groups in total. The first kappa shape index (κ1) is 11.5. The van der Waals surface area contributed by atoms with Crippen LogP contribution in [-0.4, -0.2) is 29.4 Å². The van der Waals surface area contributed by atoms with E-state index >= 15 is 0 Å². The van der Waals surface area contributed by atoms with Gasteiger partial charge in [-0.05, 0) is 30.4 Å². The zero-order valence-corrected chi connectivity index (χ0v) is 10.4. The fraction of sp³-hybridized carbons (Fsp3) is 0.400. The van der Waals surface area contributed by atoms with Gasteiger partial charge in [0.2, 0.25) is 5.91 Å². The number of nitrogens with zero attached hydrogens (tertiary/aromatic N) is 1. The molecule has 2 aliphatic rings. The minimum absolute atomic E-state index is 0.219. The summed E-state index contributed by atoms with van der Waals surface area (Å²) in [6.07, 6.45) is 5.68. The molecule has 94 valence electrons. The van der Waals surface area contributed by atoms with E-state index in [0.29, 0.717) is 18.6 Å². The Morgan fingerprint density at radius 3 is 2.72 bits per heavy atom. The van der Waals surface area contributed by atoms with Gasteiger partial charge in [0.05, 0.1) is 6.54 Å². The minimum atomic E-state index is -0.219. The highest BCUT2D eigenvalue weighted by molar-refractivity contribution is 5.76. The molecule has 1 amide bonds. The number of nitrogens with two attached hydrogens (primary N) is 1. The number of fused-ring (bicyclic) bond motifs is 2. The van der Waals surface area contributed by atoms with Crippen LogP contribution in [0.25, 0.3) is 5.57 Å². The molecule has 2 aliphatic heterocycles. The number of primary amides is 1. The molecule has 18 heavy (non-hydrogen) atoms. The van der Waals surface area contributed by atoms with Gasteiger partial charge in [0.15, 0.2) is 0 Å². The van der Waals surface area contributed by atoms with Crippen molar-refractivity contribution in [1.29, 1.82) is 0 Å². The molecular weight excluding hydrogens is 224 g/mol. The molecule has 2 bridgehead atoms. The molecule has 3 heteroatoms. The van der Waals surface area contributed by atoms with Gasteiger partial charge in [-0.15, -0.1) is 0 Å². The Labute approximate surface area is 107 Å². The summed E-state index contributed by atoms with van der Waals surface area (Å²) in [4.78, 5) is 13.4. The van der Waals surface area contributed by atoms with Gasteiger partial charge in [0, 0.05) is 12.1 Å². The van der Waals surface area contributed by atoms with Crippen molar-refractivity contribution < 1.29 is 4.79 Å². The number of carbonyl (C=O) groups excluding carboxylic acids is 1. The lowest BCUT2D eigenvalue weighted by molar-refractivity contribution is -0.119. The van der Waals surface area contributed by atoms with Gasteiger partial charge >= 0.3 is 0 Å². The normalized spacial score (nSPS) is 27.0. The molecule has 3 nitrogen and oxygen atoms in total. The lowest BCUT2D eigenvalue weighted by Crippen LogP contribution is -2.43. The summed E-state index contributed by atoms with van der Waals surface area (Å²) in [5.41, 5.74) is 8.05. The zero-order valence-electron chi connectivity index (χ0n) is 10.4. The number of carbonyl (C=O) groups is 1. The van der Waals surface area contributed by atoms with Gasteiger partial charge in [-0.3, -0.25) is 9.69 Å². The lowest BCUT2D eigenvalue weighted by Gasteiger charge is -2.33. The second-order valence-corrected chi connectivity index (χ2v) is 5.20. The number of amides is 1. The topological polar surface area (TPSA) is 46.3 Å². The van der Waals surface area contributed by atoms with Crippen LogP contribution in [0.1, 0.15) is 24.8 Å². The van der Waals surface area contributed by atoms with Crippen molar-refractivity contribution in [2.75, 3.05) is 6.54 Å². The number of hydrogen-bond donors (Lipinski definition) is 1. The summed E-state index contributed by atoms with van der Waals surface area (Å²) in [5.74, 6) is -0.219. The summed E-state index contributed by atoms with van der Waals surface area (Å²) in [6.45, 7) is 0.397. The highest BCUT2D eigenvalue weighted by Crippen LogP contribution is 2.38. The molecule has 1 aromatic rings. The van der Waals surface area contributed by atoms with Crippen LogP contribution in [0.4, 0.5) is 0 Å². The van der Waals surface area contributed by atoms with Gasteiger partial charge in [0.25, 0.3) is 0 Å². The molecule has 2 heterocycles. The highest BCUT2D eigenvalue weighted by atomic mass is 16.1. The first-order valence-corrected chi connectivity index (χ1v) is 6.54. The number of hydrogen-bond acceptors (Lipinski definition) is 2. The maximum atomic E-state index is 11.1. The summed E-state index contributed by atoms with van der Waals surface area (Å²) >= 11 is 0. The van der Waals surface area contributed by atoms with E-state index in [1.54, 1.807) is 0 Å². The van der Waals surface area contributed by atoms with Gasteiger partial charge < -0.3 is 5.73 Å². The smallest absolute Gasteiger partial charge is 0.231 e. The third kappa shape index (κ3) is 2.06. The third-order valence-corrected chi connectivity index (χ3v) is 4.02. The van der Waals surface area contributed by atoms with Crippen LogP contribution in [0, 0.1) is 0 Å². The van der Waals surface area contributed by atoms with E-state index in [9.17, 15) is 4.79 Å². The molecule has 1 aromatic carbocycles. The molecule has 0 saturated carbocycles. The second-order valence-electron chi connectivity index (χ2n) is 5.20. The molecule has 0 radical (unpaired) electrons. The van der Waals surface area contributed by atoms with E-state index < -0.39 is 0 Å². The molecule has 0 aliphatic carbocycles. The Hall–Kier alpha value is -1.61. The van der Waals surface area contributed by atoms with E-state index in [1.807, 2.05) is 6.07 Å². The van der Waals surface area contributed by atoms with E-state index in [2.05, 4.69) is 35.2 Å². The highest BCUT2D eigenvalue weighted by Gasteiger charge is 2.37. The van der Waals surface area contributed by atoms with Crippen molar-refractivity contribution in [1.82, 2.24) is 4.90 Å². The third-order valence-electron chi connectivity index (χ3n) is 4.02. The van der Waals surface area contributed by atoms with E-state index in [-0.39, 0.29) is 5.91 Å². The summed E-state index contributed by atoms with van der Waals surface area (Å²) in [7, 11) is 0. The zero-order chi connectivity index (χ0) is 12.5. The van der Waals surface area contributed by atoms with Crippen molar-refractivity contribution in [3.63, 3.8) is 0 Å². The maximum absolute atomic E-state index is 11.1. The molecule has 0 unspecified atom stereocenters. The Kier molecular flexibility index (Phi) is 2.92. The predicted molar refractivity (Wildman–Crippen MR) is 71.7 cm³/mol. The van der Waals surface area contributed by atoms with E-state index in [4.69, 9.17) is 5.73 Å². The standard InChI is InChI=1S/C15H18N2O/c16-15(18)10-17-13-6-7-14(17)9-12(8-13)11-4-2-1-3-5-11/h1-5,8,13-14H,6-7,9-10H2,(H2,16,18)/t13-,14-/m1/s1. The monoisotopic (exact) mass is 242 g/mol. The largest absolute Gasteiger partial charge is 0.369 e. The van der Waals surface area contributed by atoms with Crippen molar-refractivity contribution >= 4 is 11.5 Å². The van der Waals surface area contributed by atoms with Crippen LogP contribution in [0.2, 0.25) is 0 Å². The molecule has 3 rings (SSSR count). The van der Waals surface area contributed by atoms with Crippen LogP contribution in [0.3, 0.4) is 0 Å². The van der Waals surface area contributed by atoms with Crippen molar-refractivity contribution in [3.8, 4) is 0 Å². The fourth-order valence-electron chi connectivity index (χ4n) is 3.21. The Morgan fingerprint density at radius 2 is 2.06 bits per heavy atom. The average molecular weight is 242 g/mol. The van der Waals surface area contributed by atoms with E-state index in [1.165, 1.54) is 17.6 Å². The van der Waals surface area contributed by atoms with Crippen LogP contribution in [0.5, 0.6) is 0 Å². The van der Waals surface area contributed by atoms with Crippen LogP contribution >= 0.6 is 0 Å². The quantitative estimate of drug-likeness (QED) is 0.878. The Balaban J connectivity index is 1.84. The Morgan fingerprint density at radius 1 is 1.28 bits per heavy atom. The maximum Gasteiger partial charge on any atom is 0.231 e. The van der Waals surface area contributed by atoms with Gasteiger partial charge in [-0.25, -0.2) is 0 Å². The first-order valence-electron chi connectivity index (χ1n) is 6.54. The predicted octanol–water partition coefficient (Wildman–Crippen LogP) is 1.79. The molecule has 1 saturated heterocycles. The summed E-state index contributed by atoms with van der Waals surface area (Å²) in [5, 5.41) is 0.